The molecule has 2 amide bonds. The van der Waals surface area contributed by atoms with Crippen LogP contribution in [-0.2, 0) is 24.2 Å². The molecule has 1 aliphatic rings. The lowest BCUT2D eigenvalue weighted by atomic mass is 9.98. The molecule has 0 bridgehead atoms. The van der Waals surface area contributed by atoms with Crippen molar-refractivity contribution in [1.29, 1.82) is 0 Å². The summed E-state index contributed by atoms with van der Waals surface area (Å²) in [5.41, 5.74) is 1.06. The average molecular weight is 429 g/mol. The van der Waals surface area contributed by atoms with E-state index in [-0.39, 0.29) is 36.9 Å². The Morgan fingerprint density at radius 3 is 2.31 bits per heavy atom. The first-order valence-electron chi connectivity index (χ1n) is 9.33. The minimum Gasteiger partial charge on any atom is -0.494 e. The number of hydrogen-bond donors (Lipinski definition) is 3. The van der Waals surface area contributed by atoms with E-state index in [1.807, 2.05) is 13.8 Å². The third kappa shape index (κ3) is 5.26. The van der Waals surface area contributed by atoms with Crippen LogP contribution in [0.25, 0.3) is 0 Å². The van der Waals surface area contributed by atoms with Crippen molar-refractivity contribution < 1.29 is 32.7 Å². The molecule has 1 aromatic carbocycles. The lowest BCUT2D eigenvalue weighted by Crippen LogP contribution is -2.54. The minimum atomic E-state index is -4.06. The van der Waals surface area contributed by atoms with E-state index < -0.39 is 26.0 Å². The van der Waals surface area contributed by atoms with Gasteiger partial charge in [-0.2, -0.15) is 0 Å². The van der Waals surface area contributed by atoms with Gasteiger partial charge in [-0.3, -0.25) is 14.8 Å². The molecule has 0 atom stereocenters. The van der Waals surface area contributed by atoms with Crippen LogP contribution in [0.3, 0.4) is 0 Å². The van der Waals surface area contributed by atoms with Crippen molar-refractivity contribution in [2.75, 3.05) is 19.8 Å². The van der Waals surface area contributed by atoms with Crippen molar-refractivity contribution in [3.8, 4) is 5.75 Å². The number of benzene rings is 1. The van der Waals surface area contributed by atoms with Crippen LogP contribution < -0.4 is 15.5 Å². The Labute approximate surface area is 170 Å². The average Bonchev–Trinajstić information content (AvgIpc) is 2.67. The molecule has 2 rings (SSSR count). The normalized spacial score (nSPS) is 16.7. The summed E-state index contributed by atoms with van der Waals surface area (Å²) in [7, 11) is -4.06. The summed E-state index contributed by atoms with van der Waals surface area (Å²) >= 11 is 0. The largest absolute Gasteiger partial charge is 0.494 e. The summed E-state index contributed by atoms with van der Waals surface area (Å²) in [6, 6.07) is 5.79. The van der Waals surface area contributed by atoms with Gasteiger partial charge in [-0.05, 0) is 51.0 Å². The summed E-state index contributed by atoms with van der Waals surface area (Å²) in [6.07, 6.45) is 0.475. The van der Waals surface area contributed by atoms with Crippen LogP contribution in [-0.4, -0.2) is 55.5 Å². The molecule has 0 spiro atoms. The van der Waals surface area contributed by atoms with Crippen molar-refractivity contribution in [2.45, 2.75) is 55.2 Å². The van der Waals surface area contributed by atoms with Gasteiger partial charge in [0.25, 0.3) is 5.91 Å². The topological polar surface area (TPSA) is 131 Å². The molecule has 3 N–H and O–H groups in total. The monoisotopic (exact) mass is 428 g/mol. The van der Waals surface area contributed by atoms with Crippen molar-refractivity contribution in [3.63, 3.8) is 0 Å². The Bertz CT molecular complexity index is 829. The quantitative estimate of drug-likeness (QED) is 0.419. The third-order valence-electron chi connectivity index (χ3n) is 4.97. The van der Waals surface area contributed by atoms with E-state index in [4.69, 9.17) is 14.7 Å². The number of sulfone groups is 1. The molecule has 0 aromatic heterocycles. The first-order valence-corrected chi connectivity index (χ1v) is 10.8. The van der Waals surface area contributed by atoms with Crippen LogP contribution in [0.15, 0.2) is 29.2 Å². The number of hydroxylamine groups is 1. The van der Waals surface area contributed by atoms with Crippen LogP contribution in [0.5, 0.6) is 5.75 Å². The SMILES string of the molecule is CC(=O)NC(C)(C)CCOc1ccc(S(=O)(=O)C2(C(=O)NO)CCOCC2)cc1. The van der Waals surface area contributed by atoms with Gasteiger partial charge in [0.2, 0.25) is 5.91 Å². The zero-order valence-electron chi connectivity index (χ0n) is 16.9. The van der Waals surface area contributed by atoms with Crippen molar-refractivity contribution >= 4 is 21.7 Å². The molecule has 0 radical (unpaired) electrons. The highest BCUT2D eigenvalue weighted by Crippen LogP contribution is 2.35. The van der Waals surface area contributed by atoms with Gasteiger partial charge in [-0.15, -0.1) is 0 Å². The zero-order chi connectivity index (χ0) is 21.7. The van der Waals surface area contributed by atoms with E-state index in [1.54, 1.807) is 0 Å². The summed E-state index contributed by atoms with van der Waals surface area (Å²) in [4.78, 5) is 23.4. The van der Waals surface area contributed by atoms with Gasteiger partial charge >= 0.3 is 0 Å². The van der Waals surface area contributed by atoms with E-state index in [2.05, 4.69) is 5.32 Å². The van der Waals surface area contributed by atoms with Gasteiger partial charge in [-0.25, -0.2) is 13.9 Å². The maximum atomic E-state index is 13.2. The van der Waals surface area contributed by atoms with Crippen molar-refractivity contribution in [1.82, 2.24) is 10.8 Å². The fourth-order valence-corrected chi connectivity index (χ4v) is 5.26. The maximum Gasteiger partial charge on any atom is 0.265 e. The number of rotatable bonds is 8. The maximum absolute atomic E-state index is 13.2. The van der Waals surface area contributed by atoms with Crippen LogP contribution in [0.2, 0.25) is 0 Å². The van der Waals surface area contributed by atoms with Crippen LogP contribution in [0.1, 0.15) is 40.0 Å². The Hall–Kier alpha value is -2.17. The van der Waals surface area contributed by atoms with Crippen molar-refractivity contribution in [3.05, 3.63) is 24.3 Å². The first-order chi connectivity index (χ1) is 13.5. The summed E-state index contributed by atoms with van der Waals surface area (Å²) in [5, 5.41) is 11.9. The smallest absolute Gasteiger partial charge is 0.265 e. The Balaban J connectivity index is 2.12. The molecule has 0 aliphatic carbocycles. The molecule has 1 aliphatic heterocycles. The molecule has 0 saturated carbocycles. The molecule has 1 saturated heterocycles. The predicted octanol–water partition coefficient (Wildman–Crippen LogP) is 1.20. The highest BCUT2D eigenvalue weighted by molar-refractivity contribution is 7.93. The predicted molar refractivity (Wildman–Crippen MR) is 104 cm³/mol. The third-order valence-corrected chi connectivity index (χ3v) is 7.49. The number of amides is 2. The second-order valence-corrected chi connectivity index (χ2v) is 9.95. The molecule has 9 nitrogen and oxygen atoms in total. The zero-order valence-corrected chi connectivity index (χ0v) is 17.7. The first kappa shape index (κ1) is 23.1. The lowest BCUT2D eigenvalue weighted by Gasteiger charge is -2.34. The highest BCUT2D eigenvalue weighted by atomic mass is 32.2. The van der Waals surface area contributed by atoms with Gasteiger partial charge in [0.15, 0.2) is 14.6 Å². The van der Waals surface area contributed by atoms with Crippen LogP contribution >= 0.6 is 0 Å². The van der Waals surface area contributed by atoms with E-state index >= 15 is 0 Å². The fraction of sp³-hybridized carbons (Fsp3) is 0.579. The Kier molecular flexibility index (Phi) is 7.25. The Morgan fingerprint density at radius 1 is 1.21 bits per heavy atom. The number of nitrogens with one attached hydrogen (secondary N) is 2. The number of ether oxygens (including phenoxy) is 2. The summed E-state index contributed by atoms with van der Waals surface area (Å²) in [6.45, 7) is 5.76. The molecule has 162 valence electrons. The number of carbonyl (C=O) groups excluding carboxylic acids is 2. The van der Waals surface area contributed by atoms with E-state index in [0.29, 0.717) is 18.8 Å². The standard InChI is InChI=1S/C19H28N2O7S/c1-14(22)20-18(2,3)8-13-28-15-4-6-16(7-5-15)29(25,26)19(17(23)21-24)9-11-27-12-10-19/h4-7,24H,8-13H2,1-3H3,(H,20,22)(H,21,23). The fourth-order valence-electron chi connectivity index (χ4n) is 3.32. The highest BCUT2D eigenvalue weighted by Gasteiger charge is 2.52. The Morgan fingerprint density at radius 2 is 1.79 bits per heavy atom. The van der Waals surface area contributed by atoms with E-state index in [0.717, 1.165) is 0 Å². The molecule has 10 heteroatoms. The van der Waals surface area contributed by atoms with Crippen LogP contribution in [0.4, 0.5) is 0 Å². The molecular weight excluding hydrogens is 400 g/mol. The molecule has 1 heterocycles. The minimum absolute atomic E-state index is 0.0334. The number of carbonyl (C=O) groups is 2. The molecule has 1 fully saturated rings. The van der Waals surface area contributed by atoms with Gasteiger partial charge in [0, 0.05) is 32.1 Å². The summed E-state index contributed by atoms with van der Waals surface area (Å²) in [5.74, 6) is -0.616. The van der Waals surface area contributed by atoms with Gasteiger partial charge in [-0.1, -0.05) is 0 Å². The molecular formula is C19H28N2O7S. The molecule has 0 unspecified atom stereocenters. The van der Waals surface area contributed by atoms with Gasteiger partial charge < -0.3 is 14.8 Å². The van der Waals surface area contributed by atoms with Gasteiger partial charge in [0.1, 0.15) is 5.75 Å². The summed E-state index contributed by atoms with van der Waals surface area (Å²) < 4.78 is 35.4. The second-order valence-electron chi connectivity index (χ2n) is 7.69. The van der Waals surface area contributed by atoms with Gasteiger partial charge in [0.05, 0.1) is 11.5 Å². The van der Waals surface area contributed by atoms with E-state index in [9.17, 15) is 18.0 Å². The van der Waals surface area contributed by atoms with Crippen LogP contribution in [0, 0.1) is 0 Å². The van der Waals surface area contributed by atoms with Crippen molar-refractivity contribution in [2.24, 2.45) is 0 Å². The lowest BCUT2D eigenvalue weighted by molar-refractivity contribution is -0.134. The molecule has 29 heavy (non-hydrogen) atoms. The number of hydrogen-bond acceptors (Lipinski definition) is 7. The molecule has 1 aromatic rings. The second kappa shape index (κ2) is 9.10. The van der Waals surface area contributed by atoms with E-state index in [1.165, 1.54) is 36.7 Å².